The van der Waals surface area contributed by atoms with Crippen LogP contribution in [0.25, 0.3) is 0 Å². The van der Waals surface area contributed by atoms with E-state index in [-0.39, 0.29) is 17.5 Å². The minimum Gasteiger partial charge on any atom is -0.351 e. The van der Waals surface area contributed by atoms with E-state index in [4.69, 9.17) is 5.73 Å². The molecule has 0 spiro atoms. The van der Waals surface area contributed by atoms with Gasteiger partial charge in [-0.15, -0.1) is 0 Å². The number of nitrogens with two attached hydrogens (primary N) is 1. The van der Waals surface area contributed by atoms with Gasteiger partial charge in [0.05, 0.1) is 0 Å². The first-order chi connectivity index (χ1) is 8.31. The molecule has 0 radical (unpaired) electrons. The van der Waals surface area contributed by atoms with Gasteiger partial charge in [-0.25, -0.2) is 0 Å². The van der Waals surface area contributed by atoms with E-state index in [9.17, 15) is 4.79 Å². The molecule has 0 saturated carbocycles. The Hall–Kier alpha value is -0.610. The minimum atomic E-state index is -0.160. The monoisotopic (exact) mass is 255 g/mol. The number of nitrogens with one attached hydrogen (secondary N) is 1. The van der Waals surface area contributed by atoms with Gasteiger partial charge in [0.15, 0.2) is 0 Å². The Morgan fingerprint density at radius 1 is 1.39 bits per heavy atom. The molecule has 1 heterocycles. The van der Waals surface area contributed by atoms with E-state index < -0.39 is 0 Å². The molecule has 1 aliphatic rings. The number of carbonyl (C=O) groups excluding carboxylic acids is 1. The normalized spacial score (nSPS) is 20.7. The summed E-state index contributed by atoms with van der Waals surface area (Å²) >= 11 is 0. The Morgan fingerprint density at radius 3 is 2.39 bits per heavy atom. The first kappa shape index (κ1) is 15.4. The maximum absolute atomic E-state index is 11.9. The van der Waals surface area contributed by atoms with E-state index in [2.05, 4.69) is 17.1 Å². The van der Waals surface area contributed by atoms with Gasteiger partial charge in [0.2, 0.25) is 5.91 Å². The SMILES string of the molecule is CC1CCN(C(CN)CC(=O)NC(C)(C)C)CC1. The molecule has 1 aliphatic heterocycles. The van der Waals surface area contributed by atoms with E-state index in [0.717, 1.165) is 19.0 Å². The zero-order valence-corrected chi connectivity index (χ0v) is 12.3. The van der Waals surface area contributed by atoms with Crippen molar-refractivity contribution in [1.82, 2.24) is 10.2 Å². The molecular formula is C14H29N3O. The third-order valence-corrected chi connectivity index (χ3v) is 3.54. The Kier molecular flexibility index (Phi) is 5.60. The van der Waals surface area contributed by atoms with Crippen LogP contribution < -0.4 is 11.1 Å². The lowest BCUT2D eigenvalue weighted by Gasteiger charge is -2.36. The Morgan fingerprint density at radius 2 is 1.94 bits per heavy atom. The minimum absolute atomic E-state index is 0.108. The highest BCUT2D eigenvalue weighted by atomic mass is 16.1. The molecule has 0 aromatic rings. The molecule has 0 bridgehead atoms. The third kappa shape index (κ3) is 5.36. The van der Waals surface area contributed by atoms with Crippen LogP contribution in [0.4, 0.5) is 0 Å². The highest BCUT2D eigenvalue weighted by Crippen LogP contribution is 2.19. The van der Waals surface area contributed by atoms with Gasteiger partial charge in [-0.3, -0.25) is 9.69 Å². The van der Waals surface area contributed by atoms with E-state index in [1.54, 1.807) is 0 Å². The maximum Gasteiger partial charge on any atom is 0.222 e. The van der Waals surface area contributed by atoms with Crippen molar-refractivity contribution in [2.75, 3.05) is 19.6 Å². The van der Waals surface area contributed by atoms with Gasteiger partial charge in [0.1, 0.15) is 0 Å². The topological polar surface area (TPSA) is 58.4 Å². The molecular weight excluding hydrogens is 226 g/mol. The largest absolute Gasteiger partial charge is 0.351 e. The van der Waals surface area contributed by atoms with Crippen molar-refractivity contribution in [3.63, 3.8) is 0 Å². The molecule has 4 nitrogen and oxygen atoms in total. The number of likely N-dealkylation sites (tertiary alicyclic amines) is 1. The lowest BCUT2D eigenvalue weighted by molar-refractivity contribution is -0.123. The van der Waals surface area contributed by atoms with Crippen molar-refractivity contribution >= 4 is 5.91 Å². The average molecular weight is 255 g/mol. The summed E-state index contributed by atoms with van der Waals surface area (Å²) in [5, 5.41) is 3.01. The molecule has 0 aromatic carbocycles. The van der Waals surface area contributed by atoms with Crippen molar-refractivity contribution in [2.24, 2.45) is 11.7 Å². The molecule has 1 unspecified atom stereocenters. The zero-order valence-electron chi connectivity index (χ0n) is 12.3. The van der Waals surface area contributed by atoms with Gasteiger partial charge in [0, 0.05) is 24.5 Å². The molecule has 0 aromatic heterocycles. The molecule has 0 aliphatic carbocycles. The maximum atomic E-state index is 11.9. The Labute approximate surface area is 111 Å². The van der Waals surface area contributed by atoms with Gasteiger partial charge in [-0.1, -0.05) is 6.92 Å². The Bertz CT molecular complexity index is 265. The first-order valence-electron chi connectivity index (χ1n) is 7.07. The number of hydrogen-bond acceptors (Lipinski definition) is 3. The molecule has 1 rings (SSSR count). The lowest BCUT2D eigenvalue weighted by Crippen LogP contribution is -2.49. The number of rotatable bonds is 4. The molecule has 18 heavy (non-hydrogen) atoms. The number of carbonyl (C=O) groups is 1. The van der Waals surface area contributed by atoms with Crippen LogP contribution in [0.5, 0.6) is 0 Å². The summed E-state index contributed by atoms with van der Waals surface area (Å²) in [6.45, 7) is 11.0. The van der Waals surface area contributed by atoms with Crippen molar-refractivity contribution in [3.8, 4) is 0 Å². The van der Waals surface area contributed by atoms with E-state index in [1.807, 2.05) is 20.8 Å². The summed E-state index contributed by atoms with van der Waals surface area (Å²) in [5.74, 6) is 0.916. The van der Waals surface area contributed by atoms with Crippen molar-refractivity contribution in [2.45, 2.75) is 58.5 Å². The second-order valence-electron chi connectivity index (χ2n) is 6.61. The number of nitrogens with zero attached hydrogens (tertiary/aromatic N) is 1. The van der Waals surface area contributed by atoms with Crippen LogP contribution in [0.1, 0.15) is 47.0 Å². The van der Waals surface area contributed by atoms with Gasteiger partial charge in [-0.2, -0.15) is 0 Å². The highest BCUT2D eigenvalue weighted by molar-refractivity contribution is 5.77. The van der Waals surface area contributed by atoms with E-state index in [0.29, 0.717) is 13.0 Å². The second kappa shape index (κ2) is 6.53. The quantitative estimate of drug-likeness (QED) is 0.797. The average Bonchev–Trinajstić information content (AvgIpc) is 2.25. The number of hydrogen-bond donors (Lipinski definition) is 2. The molecule has 4 heteroatoms. The molecule has 1 saturated heterocycles. The van der Waals surface area contributed by atoms with Crippen LogP contribution in [-0.4, -0.2) is 42.0 Å². The summed E-state index contributed by atoms with van der Waals surface area (Å²) in [5.41, 5.74) is 5.67. The van der Waals surface area contributed by atoms with Crippen molar-refractivity contribution in [3.05, 3.63) is 0 Å². The lowest BCUT2D eigenvalue weighted by atomic mass is 9.97. The van der Waals surface area contributed by atoms with Gasteiger partial charge in [-0.05, 0) is 52.6 Å². The standard InChI is InChI=1S/C14H29N3O/c1-11-5-7-17(8-6-11)12(10-15)9-13(18)16-14(2,3)4/h11-12H,5-10,15H2,1-4H3,(H,16,18). The molecule has 1 amide bonds. The van der Waals surface area contributed by atoms with Gasteiger partial charge >= 0.3 is 0 Å². The summed E-state index contributed by atoms with van der Waals surface area (Å²) < 4.78 is 0. The summed E-state index contributed by atoms with van der Waals surface area (Å²) in [4.78, 5) is 14.3. The predicted molar refractivity (Wildman–Crippen MR) is 75.3 cm³/mol. The molecule has 1 fully saturated rings. The summed E-state index contributed by atoms with van der Waals surface area (Å²) in [7, 11) is 0. The van der Waals surface area contributed by atoms with Crippen LogP contribution >= 0.6 is 0 Å². The fourth-order valence-electron chi connectivity index (χ4n) is 2.44. The van der Waals surface area contributed by atoms with Crippen molar-refractivity contribution < 1.29 is 4.79 Å². The Balaban J connectivity index is 2.44. The van der Waals surface area contributed by atoms with Crippen LogP contribution in [0, 0.1) is 5.92 Å². The number of amides is 1. The number of piperidine rings is 1. The van der Waals surface area contributed by atoms with Crippen LogP contribution in [0.2, 0.25) is 0 Å². The van der Waals surface area contributed by atoms with E-state index in [1.165, 1.54) is 12.8 Å². The van der Waals surface area contributed by atoms with E-state index >= 15 is 0 Å². The first-order valence-corrected chi connectivity index (χ1v) is 7.07. The van der Waals surface area contributed by atoms with Crippen LogP contribution in [0.15, 0.2) is 0 Å². The summed E-state index contributed by atoms with van der Waals surface area (Å²) in [6.07, 6.45) is 2.96. The molecule has 106 valence electrons. The predicted octanol–water partition coefficient (Wildman–Crippen LogP) is 1.35. The third-order valence-electron chi connectivity index (χ3n) is 3.54. The van der Waals surface area contributed by atoms with Crippen LogP contribution in [0.3, 0.4) is 0 Å². The van der Waals surface area contributed by atoms with Crippen LogP contribution in [-0.2, 0) is 4.79 Å². The van der Waals surface area contributed by atoms with Gasteiger partial charge in [0.25, 0.3) is 0 Å². The fraction of sp³-hybridized carbons (Fsp3) is 0.929. The van der Waals surface area contributed by atoms with Gasteiger partial charge < -0.3 is 11.1 Å². The molecule has 3 N–H and O–H groups in total. The summed E-state index contributed by atoms with van der Waals surface area (Å²) in [6, 6.07) is 0.194. The zero-order chi connectivity index (χ0) is 13.8. The molecule has 1 atom stereocenters. The van der Waals surface area contributed by atoms with Crippen molar-refractivity contribution in [1.29, 1.82) is 0 Å². The highest BCUT2D eigenvalue weighted by Gasteiger charge is 2.25. The second-order valence-corrected chi connectivity index (χ2v) is 6.61. The smallest absolute Gasteiger partial charge is 0.222 e. The fourth-order valence-corrected chi connectivity index (χ4v) is 2.44.